The van der Waals surface area contributed by atoms with Crippen molar-refractivity contribution >= 4 is 17.5 Å². The molecule has 0 spiro atoms. The van der Waals surface area contributed by atoms with Crippen LogP contribution >= 0.6 is 0 Å². The van der Waals surface area contributed by atoms with Crippen LogP contribution in [0.2, 0.25) is 0 Å². The summed E-state index contributed by atoms with van der Waals surface area (Å²) in [5.41, 5.74) is 0.591. The van der Waals surface area contributed by atoms with E-state index in [0.717, 1.165) is 12.1 Å². The quantitative estimate of drug-likeness (QED) is 0.927. The van der Waals surface area contributed by atoms with Crippen molar-refractivity contribution in [3.05, 3.63) is 65.7 Å². The van der Waals surface area contributed by atoms with E-state index in [1.54, 1.807) is 17.0 Å². The minimum absolute atomic E-state index is 0.0332. The lowest BCUT2D eigenvalue weighted by molar-refractivity contribution is -0.121. The van der Waals surface area contributed by atoms with Crippen molar-refractivity contribution < 1.29 is 18.4 Å². The Morgan fingerprint density at radius 1 is 1.00 bits per heavy atom. The fourth-order valence-corrected chi connectivity index (χ4v) is 2.93. The minimum atomic E-state index is -0.801. The van der Waals surface area contributed by atoms with Gasteiger partial charge in [-0.15, -0.1) is 0 Å². The fourth-order valence-electron chi connectivity index (χ4n) is 2.93. The van der Waals surface area contributed by atoms with Gasteiger partial charge in [0.05, 0.1) is 5.69 Å². The summed E-state index contributed by atoms with van der Waals surface area (Å²) in [4.78, 5) is 26.4. The molecule has 0 aromatic heterocycles. The lowest BCUT2D eigenvalue weighted by atomic mass is 9.95. The van der Waals surface area contributed by atoms with Gasteiger partial charge in [-0.3, -0.25) is 9.59 Å². The van der Waals surface area contributed by atoms with Crippen LogP contribution in [0, 0.1) is 17.6 Å². The molecule has 1 N–H and O–H groups in total. The third kappa shape index (κ3) is 4.02. The van der Waals surface area contributed by atoms with Gasteiger partial charge in [0, 0.05) is 30.6 Å². The summed E-state index contributed by atoms with van der Waals surface area (Å²) in [6, 6.07) is 12.0. The molecule has 2 aromatic rings. The van der Waals surface area contributed by atoms with Crippen molar-refractivity contribution in [2.75, 3.05) is 18.4 Å². The Balaban J connectivity index is 1.56. The number of hydrogen-bond acceptors (Lipinski definition) is 2. The van der Waals surface area contributed by atoms with Crippen molar-refractivity contribution in [2.24, 2.45) is 5.92 Å². The molecule has 1 aliphatic heterocycles. The molecule has 0 unspecified atom stereocenters. The van der Waals surface area contributed by atoms with Crippen LogP contribution in [0.15, 0.2) is 48.5 Å². The van der Waals surface area contributed by atoms with Crippen LogP contribution in [0.3, 0.4) is 0 Å². The number of amides is 2. The molecule has 3 rings (SSSR count). The summed E-state index contributed by atoms with van der Waals surface area (Å²) in [6.45, 7) is 0.940. The molecule has 0 radical (unpaired) electrons. The lowest BCUT2D eigenvalue weighted by Crippen LogP contribution is -2.41. The number of hydrogen-bond donors (Lipinski definition) is 1. The largest absolute Gasteiger partial charge is 0.339 e. The van der Waals surface area contributed by atoms with E-state index in [2.05, 4.69) is 5.32 Å². The van der Waals surface area contributed by atoms with Gasteiger partial charge in [0.1, 0.15) is 11.6 Å². The van der Waals surface area contributed by atoms with E-state index in [0.29, 0.717) is 31.5 Å². The number of piperidine rings is 1. The molecule has 4 nitrogen and oxygen atoms in total. The summed E-state index contributed by atoms with van der Waals surface area (Å²) in [7, 11) is 0. The first kappa shape index (κ1) is 17.1. The smallest absolute Gasteiger partial charge is 0.253 e. The number of nitrogens with one attached hydrogen (secondary N) is 1. The standard InChI is InChI=1S/C19H18F2N2O2/c20-15-6-7-17(16(21)12-15)22-18(24)13-8-10-23(11-9-13)19(25)14-4-2-1-3-5-14/h1-7,12-13H,8-11H2,(H,22,24). The van der Waals surface area contributed by atoms with Crippen molar-refractivity contribution in [1.29, 1.82) is 0 Å². The highest BCUT2D eigenvalue weighted by Crippen LogP contribution is 2.22. The number of carbonyl (C=O) groups is 2. The van der Waals surface area contributed by atoms with Crippen LogP contribution in [0.25, 0.3) is 0 Å². The van der Waals surface area contributed by atoms with E-state index in [1.807, 2.05) is 18.2 Å². The number of likely N-dealkylation sites (tertiary alicyclic amines) is 1. The third-order valence-corrected chi connectivity index (χ3v) is 4.36. The molecule has 2 amide bonds. The predicted molar refractivity (Wildman–Crippen MR) is 90.1 cm³/mol. The van der Waals surface area contributed by atoms with Crippen LogP contribution in [0.1, 0.15) is 23.2 Å². The first-order valence-electron chi connectivity index (χ1n) is 8.15. The Bertz CT molecular complexity index is 772. The van der Waals surface area contributed by atoms with Gasteiger partial charge in [0.15, 0.2) is 0 Å². The Labute approximate surface area is 144 Å². The number of anilines is 1. The highest BCUT2D eigenvalue weighted by atomic mass is 19.1. The van der Waals surface area contributed by atoms with E-state index >= 15 is 0 Å². The van der Waals surface area contributed by atoms with Gasteiger partial charge >= 0.3 is 0 Å². The third-order valence-electron chi connectivity index (χ3n) is 4.36. The topological polar surface area (TPSA) is 49.4 Å². The zero-order valence-corrected chi connectivity index (χ0v) is 13.5. The van der Waals surface area contributed by atoms with Gasteiger partial charge in [-0.05, 0) is 37.1 Å². The number of nitrogens with zero attached hydrogens (tertiary/aromatic N) is 1. The maximum atomic E-state index is 13.6. The van der Waals surface area contributed by atoms with E-state index in [9.17, 15) is 18.4 Å². The Kier molecular flexibility index (Phi) is 5.07. The molecular weight excluding hydrogens is 326 g/mol. The molecule has 0 saturated carbocycles. The summed E-state index contributed by atoms with van der Waals surface area (Å²) < 4.78 is 26.5. The zero-order chi connectivity index (χ0) is 17.8. The number of carbonyl (C=O) groups excluding carboxylic acids is 2. The van der Waals surface area contributed by atoms with Gasteiger partial charge in [0.25, 0.3) is 5.91 Å². The second-order valence-corrected chi connectivity index (χ2v) is 6.05. The molecule has 1 heterocycles. The number of halogens is 2. The van der Waals surface area contributed by atoms with E-state index in [-0.39, 0.29) is 23.4 Å². The van der Waals surface area contributed by atoms with Gasteiger partial charge in [0.2, 0.25) is 5.91 Å². The molecule has 6 heteroatoms. The van der Waals surface area contributed by atoms with Crippen LogP contribution in [0.5, 0.6) is 0 Å². The molecule has 0 atom stereocenters. The van der Waals surface area contributed by atoms with E-state index in [4.69, 9.17) is 0 Å². The average molecular weight is 344 g/mol. The minimum Gasteiger partial charge on any atom is -0.339 e. The maximum absolute atomic E-state index is 13.6. The normalized spacial score (nSPS) is 15.0. The van der Waals surface area contributed by atoms with Crippen molar-refractivity contribution in [2.45, 2.75) is 12.8 Å². The molecule has 1 fully saturated rings. The summed E-state index contributed by atoms with van der Waals surface area (Å²) in [5.74, 6) is -2.15. The summed E-state index contributed by atoms with van der Waals surface area (Å²) >= 11 is 0. The van der Waals surface area contributed by atoms with Gasteiger partial charge in [-0.25, -0.2) is 8.78 Å². The first-order valence-corrected chi connectivity index (χ1v) is 8.15. The molecule has 2 aromatic carbocycles. The van der Waals surface area contributed by atoms with Gasteiger partial charge in [-0.1, -0.05) is 18.2 Å². The van der Waals surface area contributed by atoms with Crippen LogP contribution in [0.4, 0.5) is 14.5 Å². The SMILES string of the molecule is O=C(Nc1ccc(F)cc1F)C1CCN(C(=O)c2ccccc2)CC1. The van der Waals surface area contributed by atoms with E-state index in [1.165, 1.54) is 6.07 Å². The molecular formula is C19H18F2N2O2. The molecule has 0 aliphatic carbocycles. The molecule has 130 valence electrons. The second-order valence-electron chi connectivity index (χ2n) is 6.05. The molecule has 0 bridgehead atoms. The molecule has 25 heavy (non-hydrogen) atoms. The maximum Gasteiger partial charge on any atom is 0.253 e. The van der Waals surface area contributed by atoms with Crippen molar-refractivity contribution in [3.63, 3.8) is 0 Å². The number of benzene rings is 2. The summed E-state index contributed by atoms with van der Waals surface area (Å²) in [5, 5.41) is 2.50. The van der Waals surface area contributed by atoms with E-state index < -0.39 is 11.6 Å². The van der Waals surface area contributed by atoms with Crippen molar-refractivity contribution in [3.8, 4) is 0 Å². The molecule has 1 aliphatic rings. The van der Waals surface area contributed by atoms with Crippen LogP contribution in [-0.4, -0.2) is 29.8 Å². The first-order chi connectivity index (χ1) is 12.0. The monoisotopic (exact) mass is 344 g/mol. The predicted octanol–water partition coefficient (Wildman–Crippen LogP) is 3.46. The second kappa shape index (κ2) is 7.42. The number of rotatable bonds is 3. The highest BCUT2D eigenvalue weighted by Gasteiger charge is 2.28. The Morgan fingerprint density at radius 3 is 2.32 bits per heavy atom. The van der Waals surface area contributed by atoms with Gasteiger partial charge in [-0.2, -0.15) is 0 Å². The van der Waals surface area contributed by atoms with Crippen molar-refractivity contribution in [1.82, 2.24) is 4.90 Å². The molecule has 1 saturated heterocycles. The Hall–Kier alpha value is -2.76. The average Bonchev–Trinajstić information content (AvgIpc) is 2.64. The highest BCUT2D eigenvalue weighted by molar-refractivity contribution is 5.95. The lowest BCUT2D eigenvalue weighted by Gasteiger charge is -2.31. The Morgan fingerprint density at radius 2 is 1.68 bits per heavy atom. The summed E-state index contributed by atoms with van der Waals surface area (Å²) in [6.07, 6.45) is 1.01. The zero-order valence-electron chi connectivity index (χ0n) is 13.5. The van der Waals surface area contributed by atoms with Gasteiger partial charge < -0.3 is 10.2 Å². The van der Waals surface area contributed by atoms with Crippen LogP contribution < -0.4 is 5.32 Å². The fraction of sp³-hybridized carbons (Fsp3) is 0.263. The van der Waals surface area contributed by atoms with Crippen LogP contribution in [-0.2, 0) is 4.79 Å².